The average Bonchev–Trinajstić information content (AvgIpc) is 2.71. The van der Waals surface area contributed by atoms with Crippen molar-refractivity contribution in [2.24, 2.45) is 0 Å². The first kappa shape index (κ1) is 21.6. The number of phenolic OH excluding ortho intramolecular Hbond substituents is 1. The van der Waals surface area contributed by atoms with E-state index in [9.17, 15) is 19.6 Å². The van der Waals surface area contributed by atoms with Crippen LogP contribution in [0.5, 0.6) is 5.75 Å². The van der Waals surface area contributed by atoms with Gasteiger partial charge in [-0.15, -0.1) is 0 Å². The second-order valence-electron chi connectivity index (χ2n) is 6.87. The molecule has 2 N–H and O–H groups in total. The summed E-state index contributed by atoms with van der Waals surface area (Å²) in [4.78, 5) is 12.5. The zero-order chi connectivity index (χ0) is 22.0. The van der Waals surface area contributed by atoms with Gasteiger partial charge in [-0.3, -0.25) is 4.79 Å². The van der Waals surface area contributed by atoms with Crippen molar-refractivity contribution in [1.29, 1.82) is 5.26 Å². The molecule has 4 nitrogen and oxygen atoms in total. The first-order chi connectivity index (χ1) is 14.2. The monoisotopic (exact) mass is 442 g/mol. The first-order valence-corrected chi connectivity index (χ1v) is 9.73. The molecule has 0 aliphatic rings. The molecule has 1 atom stereocenters. The van der Waals surface area contributed by atoms with Crippen LogP contribution in [0.4, 0.5) is 10.1 Å². The van der Waals surface area contributed by atoms with Crippen molar-refractivity contribution in [3.8, 4) is 11.8 Å². The fourth-order valence-electron chi connectivity index (χ4n) is 3.06. The topological polar surface area (TPSA) is 73.1 Å². The minimum absolute atomic E-state index is 0.171. The molecular formula is C23H17Cl2FN2O2. The van der Waals surface area contributed by atoms with Gasteiger partial charge in [0, 0.05) is 10.7 Å². The highest BCUT2D eigenvalue weighted by molar-refractivity contribution is 6.33. The summed E-state index contributed by atoms with van der Waals surface area (Å²) in [5, 5.41) is 22.1. The minimum Gasteiger partial charge on any atom is -0.505 e. The van der Waals surface area contributed by atoms with E-state index in [0.29, 0.717) is 21.8 Å². The Balaban J connectivity index is 1.93. The molecule has 3 aromatic carbocycles. The van der Waals surface area contributed by atoms with Crippen molar-refractivity contribution in [3.63, 3.8) is 0 Å². The number of halogens is 3. The van der Waals surface area contributed by atoms with Gasteiger partial charge in [0.1, 0.15) is 16.6 Å². The van der Waals surface area contributed by atoms with E-state index in [1.165, 1.54) is 0 Å². The molecule has 0 aliphatic carbocycles. The predicted octanol–water partition coefficient (Wildman–Crippen LogP) is 6.36. The van der Waals surface area contributed by atoms with Crippen molar-refractivity contribution in [2.45, 2.75) is 19.8 Å². The smallest absolute Gasteiger partial charge is 0.259 e. The number of carbonyl (C=O) groups excluding carboxylic acids is 1. The Kier molecular flexibility index (Phi) is 6.31. The van der Waals surface area contributed by atoms with Gasteiger partial charge in [-0.2, -0.15) is 5.26 Å². The lowest BCUT2D eigenvalue weighted by molar-refractivity contribution is 0.102. The molecule has 3 rings (SSSR count). The summed E-state index contributed by atoms with van der Waals surface area (Å²) in [6, 6.07) is 15.3. The van der Waals surface area contributed by atoms with Gasteiger partial charge < -0.3 is 10.4 Å². The molecule has 1 amide bonds. The van der Waals surface area contributed by atoms with Gasteiger partial charge in [-0.25, -0.2) is 4.39 Å². The van der Waals surface area contributed by atoms with E-state index in [4.69, 9.17) is 23.2 Å². The number of hydrogen-bond donors (Lipinski definition) is 2. The summed E-state index contributed by atoms with van der Waals surface area (Å²) in [5.41, 5.74) is 3.41. The Labute approximate surface area is 183 Å². The number of nitriles is 1. The molecule has 0 radical (unpaired) electrons. The predicted molar refractivity (Wildman–Crippen MR) is 116 cm³/mol. The van der Waals surface area contributed by atoms with E-state index >= 15 is 0 Å². The first-order valence-electron chi connectivity index (χ1n) is 8.97. The summed E-state index contributed by atoms with van der Waals surface area (Å²) in [6.07, 6.45) is 0. The number of nitrogens with one attached hydrogen (secondary N) is 1. The number of aryl methyl sites for hydroxylation is 2. The zero-order valence-electron chi connectivity index (χ0n) is 16.1. The normalized spacial score (nSPS) is 11.6. The van der Waals surface area contributed by atoms with E-state index in [0.717, 1.165) is 23.3 Å². The molecule has 0 aromatic heterocycles. The highest BCUT2D eigenvalue weighted by Crippen LogP contribution is 2.35. The van der Waals surface area contributed by atoms with Gasteiger partial charge in [0.2, 0.25) is 0 Å². The molecule has 0 spiro atoms. The van der Waals surface area contributed by atoms with Gasteiger partial charge in [0.05, 0.1) is 17.6 Å². The molecule has 0 heterocycles. The van der Waals surface area contributed by atoms with E-state index < -0.39 is 28.4 Å². The maximum atomic E-state index is 13.4. The van der Waals surface area contributed by atoms with Crippen LogP contribution < -0.4 is 5.32 Å². The van der Waals surface area contributed by atoms with Gasteiger partial charge in [0.15, 0.2) is 0 Å². The number of carbonyl (C=O) groups is 1. The van der Waals surface area contributed by atoms with Crippen LogP contribution in [0.25, 0.3) is 0 Å². The molecule has 0 aliphatic heterocycles. The fraction of sp³-hybridized carbons (Fsp3) is 0.130. The fourth-order valence-corrected chi connectivity index (χ4v) is 3.49. The summed E-state index contributed by atoms with van der Waals surface area (Å²) in [7, 11) is 0. The molecule has 30 heavy (non-hydrogen) atoms. The summed E-state index contributed by atoms with van der Waals surface area (Å²) >= 11 is 12.1. The third kappa shape index (κ3) is 4.25. The number of hydrogen-bond acceptors (Lipinski definition) is 3. The largest absolute Gasteiger partial charge is 0.505 e. The molecule has 152 valence electrons. The quantitative estimate of drug-likeness (QED) is 0.493. The molecular weight excluding hydrogens is 426 g/mol. The van der Waals surface area contributed by atoms with Crippen LogP contribution in [-0.4, -0.2) is 11.0 Å². The number of aromatic hydroxyl groups is 1. The summed E-state index contributed by atoms with van der Waals surface area (Å²) in [6.45, 7) is 3.72. The molecule has 7 heteroatoms. The number of benzene rings is 3. The SMILES string of the molecule is Cc1ccc(C(C#N)c2cc(C)c(NC(=O)c3ccc(F)c(Cl)c3O)cc2Cl)cc1. The number of nitrogens with zero attached hydrogens (tertiary/aromatic N) is 1. The second kappa shape index (κ2) is 8.74. The van der Waals surface area contributed by atoms with E-state index in [-0.39, 0.29) is 5.56 Å². The second-order valence-corrected chi connectivity index (χ2v) is 7.66. The van der Waals surface area contributed by atoms with Crippen molar-refractivity contribution in [2.75, 3.05) is 5.32 Å². The number of anilines is 1. The Bertz CT molecular complexity index is 1170. The number of phenols is 1. The van der Waals surface area contributed by atoms with Crippen molar-refractivity contribution >= 4 is 34.8 Å². The highest BCUT2D eigenvalue weighted by atomic mass is 35.5. The van der Waals surface area contributed by atoms with Crippen LogP contribution in [-0.2, 0) is 0 Å². The maximum absolute atomic E-state index is 13.4. The van der Waals surface area contributed by atoms with Crippen molar-refractivity contribution in [1.82, 2.24) is 0 Å². The number of amides is 1. The lowest BCUT2D eigenvalue weighted by Crippen LogP contribution is -2.14. The lowest BCUT2D eigenvalue weighted by atomic mass is 9.90. The standard InChI is InChI=1S/C23H17Cl2FN2O2/c1-12-3-5-14(6-4-12)17(11-27)16-9-13(2)20(10-18(16)24)28-23(30)15-7-8-19(26)21(25)22(15)29/h3-10,17,29H,1-2H3,(H,28,30). The van der Waals surface area contributed by atoms with Crippen LogP contribution in [0.1, 0.15) is 38.5 Å². The van der Waals surface area contributed by atoms with Crippen LogP contribution in [0.3, 0.4) is 0 Å². The molecule has 0 saturated heterocycles. The Hall–Kier alpha value is -3.07. The Morgan fingerprint density at radius 1 is 1.13 bits per heavy atom. The third-order valence-corrected chi connectivity index (χ3v) is 5.44. The third-order valence-electron chi connectivity index (χ3n) is 4.76. The van der Waals surface area contributed by atoms with Gasteiger partial charge in [0.25, 0.3) is 5.91 Å². The van der Waals surface area contributed by atoms with Crippen LogP contribution in [0.2, 0.25) is 10.0 Å². The number of rotatable bonds is 4. The molecule has 0 bridgehead atoms. The molecule has 3 aromatic rings. The van der Waals surface area contributed by atoms with Crippen LogP contribution in [0, 0.1) is 31.0 Å². The van der Waals surface area contributed by atoms with Gasteiger partial charge in [-0.05, 0) is 48.7 Å². The molecule has 1 unspecified atom stereocenters. The van der Waals surface area contributed by atoms with Gasteiger partial charge in [-0.1, -0.05) is 59.1 Å². The molecule has 0 saturated carbocycles. The highest BCUT2D eigenvalue weighted by Gasteiger charge is 2.21. The lowest BCUT2D eigenvalue weighted by Gasteiger charge is -2.16. The zero-order valence-corrected chi connectivity index (χ0v) is 17.6. The van der Waals surface area contributed by atoms with E-state index in [1.54, 1.807) is 19.1 Å². The van der Waals surface area contributed by atoms with E-state index in [2.05, 4.69) is 11.4 Å². The van der Waals surface area contributed by atoms with Gasteiger partial charge >= 0.3 is 0 Å². The summed E-state index contributed by atoms with van der Waals surface area (Å²) in [5.74, 6) is -2.70. The van der Waals surface area contributed by atoms with Crippen molar-refractivity contribution < 1.29 is 14.3 Å². The van der Waals surface area contributed by atoms with Crippen LogP contribution in [0.15, 0.2) is 48.5 Å². The van der Waals surface area contributed by atoms with Crippen molar-refractivity contribution in [3.05, 3.63) is 92.2 Å². The average molecular weight is 443 g/mol. The van der Waals surface area contributed by atoms with Crippen LogP contribution >= 0.6 is 23.2 Å². The maximum Gasteiger partial charge on any atom is 0.259 e. The summed E-state index contributed by atoms with van der Waals surface area (Å²) < 4.78 is 13.4. The molecule has 0 fully saturated rings. The van der Waals surface area contributed by atoms with E-state index in [1.807, 2.05) is 31.2 Å². The Morgan fingerprint density at radius 2 is 1.80 bits per heavy atom. The minimum atomic E-state index is -0.826. The Morgan fingerprint density at radius 3 is 2.43 bits per heavy atom.